The van der Waals surface area contributed by atoms with Crippen molar-refractivity contribution in [1.82, 2.24) is 20.3 Å². The monoisotopic (exact) mass is 332 g/mol. The molecule has 0 spiro atoms. The van der Waals surface area contributed by atoms with Crippen molar-refractivity contribution in [2.24, 2.45) is 0 Å². The molecule has 0 aliphatic rings. The Balaban J connectivity index is 1.94. The third-order valence-electron chi connectivity index (χ3n) is 3.08. The zero-order chi connectivity index (χ0) is 16.2. The van der Waals surface area contributed by atoms with Gasteiger partial charge in [-0.1, -0.05) is 5.16 Å². The van der Waals surface area contributed by atoms with Crippen LogP contribution >= 0.6 is 12.2 Å². The highest BCUT2D eigenvalue weighted by atomic mass is 32.1. The van der Waals surface area contributed by atoms with Crippen LogP contribution in [0.25, 0.3) is 22.8 Å². The summed E-state index contributed by atoms with van der Waals surface area (Å²) in [6, 6.07) is 7.40. The van der Waals surface area contributed by atoms with Gasteiger partial charge in [0.15, 0.2) is 28.8 Å². The van der Waals surface area contributed by atoms with Gasteiger partial charge in [0.25, 0.3) is 0 Å². The molecule has 0 radical (unpaired) electrons. The Morgan fingerprint density at radius 2 is 1.87 bits per heavy atom. The SMILES string of the molecule is CCOc1ccc(-c2cc(-c3nc(=S)[nH][nH]3)no2)cc1OCC. The van der Waals surface area contributed by atoms with Crippen molar-refractivity contribution in [3.05, 3.63) is 29.0 Å². The molecule has 0 atom stereocenters. The van der Waals surface area contributed by atoms with Crippen LogP contribution in [0.3, 0.4) is 0 Å². The summed E-state index contributed by atoms with van der Waals surface area (Å²) in [5, 5.41) is 9.56. The zero-order valence-corrected chi connectivity index (χ0v) is 13.6. The van der Waals surface area contributed by atoms with E-state index in [1.54, 1.807) is 6.07 Å². The number of nitrogens with one attached hydrogen (secondary N) is 2. The molecule has 8 heteroatoms. The van der Waals surface area contributed by atoms with Crippen LogP contribution in [-0.4, -0.2) is 33.6 Å². The summed E-state index contributed by atoms with van der Waals surface area (Å²) in [5.74, 6) is 2.51. The Kier molecular flexibility index (Phi) is 4.42. The quantitative estimate of drug-likeness (QED) is 0.671. The van der Waals surface area contributed by atoms with Crippen LogP contribution in [0.1, 0.15) is 13.8 Å². The number of hydrogen-bond acceptors (Lipinski definition) is 6. The van der Waals surface area contributed by atoms with Gasteiger partial charge in [0.1, 0.15) is 0 Å². The van der Waals surface area contributed by atoms with Gasteiger partial charge in [-0.3, -0.25) is 10.2 Å². The summed E-state index contributed by atoms with van der Waals surface area (Å²) in [5.41, 5.74) is 1.41. The molecule has 2 N–H and O–H groups in total. The Hall–Kier alpha value is -2.61. The molecule has 1 aromatic carbocycles. The minimum Gasteiger partial charge on any atom is -0.490 e. The zero-order valence-electron chi connectivity index (χ0n) is 12.8. The molecule has 2 heterocycles. The fraction of sp³-hybridized carbons (Fsp3) is 0.267. The summed E-state index contributed by atoms with van der Waals surface area (Å²) >= 11 is 4.93. The maximum Gasteiger partial charge on any atom is 0.213 e. The second-order valence-corrected chi connectivity index (χ2v) is 5.01. The summed E-state index contributed by atoms with van der Waals surface area (Å²) in [7, 11) is 0. The average molecular weight is 332 g/mol. The summed E-state index contributed by atoms with van der Waals surface area (Å²) in [4.78, 5) is 4.11. The largest absolute Gasteiger partial charge is 0.490 e. The molecule has 0 aliphatic carbocycles. The van der Waals surface area contributed by atoms with Crippen molar-refractivity contribution in [2.75, 3.05) is 13.2 Å². The van der Waals surface area contributed by atoms with Crippen molar-refractivity contribution >= 4 is 12.2 Å². The number of aromatic amines is 2. The van der Waals surface area contributed by atoms with Crippen molar-refractivity contribution in [2.45, 2.75) is 13.8 Å². The molecular formula is C15H16N4O3S. The van der Waals surface area contributed by atoms with E-state index >= 15 is 0 Å². The number of benzene rings is 1. The molecule has 7 nitrogen and oxygen atoms in total. The first-order chi connectivity index (χ1) is 11.2. The van der Waals surface area contributed by atoms with Crippen LogP contribution in [0.2, 0.25) is 0 Å². The van der Waals surface area contributed by atoms with E-state index in [4.69, 9.17) is 26.2 Å². The highest BCUT2D eigenvalue weighted by Gasteiger charge is 2.13. The Morgan fingerprint density at radius 1 is 1.09 bits per heavy atom. The number of rotatable bonds is 6. The highest BCUT2D eigenvalue weighted by Crippen LogP contribution is 2.33. The van der Waals surface area contributed by atoms with Crippen LogP contribution in [0.4, 0.5) is 0 Å². The number of nitrogens with zero attached hydrogens (tertiary/aromatic N) is 2. The van der Waals surface area contributed by atoms with Crippen LogP contribution in [0.15, 0.2) is 28.8 Å². The van der Waals surface area contributed by atoms with E-state index in [0.29, 0.717) is 46.8 Å². The summed E-state index contributed by atoms with van der Waals surface area (Å²) in [6.45, 7) is 4.98. The Labute approximate surface area is 137 Å². The van der Waals surface area contributed by atoms with E-state index in [-0.39, 0.29) is 0 Å². The average Bonchev–Trinajstić information content (AvgIpc) is 3.18. The van der Waals surface area contributed by atoms with Gasteiger partial charge in [0.2, 0.25) is 4.77 Å². The smallest absolute Gasteiger partial charge is 0.213 e. The fourth-order valence-corrected chi connectivity index (χ4v) is 2.26. The van der Waals surface area contributed by atoms with E-state index in [2.05, 4.69) is 20.3 Å². The predicted octanol–water partition coefficient (Wildman–Crippen LogP) is 3.59. The number of ether oxygens (including phenoxy) is 2. The van der Waals surface area contributed by atoms with Crippen LogP contribution < -0.4 is 9.47 Å². The van der Waals surface area contributed by atoms with Gasteiger partial charge in [-0.25, -0.2) is 0 Å². The second-order valence-electron chi connectivity index (χ2n) is 4.62. The molecule has 0 saturated heterocycles. The Bertz CT molecular complexity index is 852. The lowest BCUT2D eigenvalue weighted by atomic mass is 10.1. The Morgan fingerprint density at radius 3 is 2.57 bits per heavy atom. The van der Waals surface area contributed by atoms with E-state index < -0.39 is 0 Å². The van der Waals surface area contributed by atoms with Crippen LogP contribution in [0.5, 0.6) is 11.5 Å². The molecule has 0 fully saturated rings. The van der Waals surface area contributed by atoms with Crippen LogP contribution in [0, 0.1) is 4.77 Å². The molecule has 0 aliphatic heterocycles. The van der Waals surface area contributed by atoms with Gasteiger partial charge >= 0.3 is 0 Å². The molecule has 0 saturated carbocycles. The van der Waals surface area contributed by atoms with E-state index in [1.807, 2.05) is 32.0 Å². The minimum absolute atomic E-state index is 0.365. The lowest BCUT2D eigenvalue weighted by Gasteiger charge is -2.11. The molecule has 2 aromatic heterocycles. The molecular weight excluding hydrogens is 316 g/mol. The van der Waals surface area contributed by atoms with Crippen molar-refractivity contribution in [3.63, 3.8) is 0 Å². The van der Waals surface area contributed by atoms with Crippen molar-refractivity contribution in [1.29, 1.82) is 0 Å². The first kappa shape index (κ1) is 15.3. The van der Waals surface area contributed by atoms with Gasteiger partial charge in [0, 0.05) is 11.6 Å². The van der Waals surface area contributed by atoms with Gasteiger partial charge in [-0.15, -0.1) is 0 Å². The molecule has 0 amide bonds. The topological polar surface area (TPSA) is 89.0 Å². The summed E-state index contributed by atoms with van der Waals surface area (Å²) < 4.78 is 16.9. The lowest BCUT2D eigenvalue weighted by molar-refractivity contribution is 0.288. The highest BCUT2D eigenvalue weighted by molar-refractivity contribution is 7.71. The van der Waals surface area contributed by atoms with E-state index in [9.17, 15) is 0 Å². The number of aromatic nitrogens is 4. The van der Waals surface area contributed by atoms with E-state index in [0.717, 1.165) is 5.56 Å². The first-order valence-corrected chi connectivity index (χ1v) is 7.64. The fourth-order valence-electron chi connectivity index (χ4n) is 2.12. The molecule has 0 unspecified atom stereocenters. The van der Waals surface area contributed by atoms with Crippen molar-refractivity contribution < 1.29 is 14.0 Å². The second kappa shape index (κ2) is 6.66. The molecule has 0 bridgehead atoms. The van der Waals surface area contributed by atoms with E-state index in [1.165, 1.54) is 0 Å². The number of hydrogen-bond donors (Lipinski definition) is 2. The third kappa shape index (κ3) is 3.26. The molecule has 120 valence electrons. The van der Waals surface area contributed by atoms with Gasteiger partial charge < -0.3 is 14.0 Å². The maximum absolute atomic E-state index is 5.62. The van der Waals surface area contributed by atoms with Crippen LogP contribution in [-0.2, 0) is 0 Å². The standard InChI is InChI=1S/C15H16N4O3S/c1-3-20-11-6-5-9(7-13(11)21-4-2)12-8-10(19-22-12)14-16-15(23)18-17-14/h5-8H,3-4H2,1-2H3,(H2,16,17,18,23). The van der Waals surface area contributed by atoms with Gasteiger partial charge in [0.05, 0.1) is 13.2 Å². The predicted molar refractivity (Wildman–Crippen MR) is 87.0 cm³/mol. The summed E-state index contributed by atoms with van der Waals surface area (Å²) in [6.07, 6.45) is 0. The van der Waals surface area contributed by atoms with Gasteiger partial charge in [-0.2, -0.15) is 4.98 Å². The third-order valence-corrected chi connectivity index (χ3v) is 3.28. The van der Waals surface area contributed by atoms with Gasteiger partial charge in [-0.05, 0) is 44.3 Å². The molecule has 3 rings (SSSR count). The molecule has 23 heavy (non-hydrogen) atoms. The molecule has 3 aromatic rings. The maximum atomic E-state index is 5.62. The minimum atomic E-state index is 0.365. The first-order valence-electron chi connectivity index (χ1n) is 7.23. The van der Waals surface area contributed by atoms with Crippen molar-refractivity contribution in [3.8, 4) is 34.3 Å². The number of H-pyrrole nitrogens is 2. The normalized spacial score (nSPS) is 10.7. The lowest BCUT2D eigenvalue weighted by Crippen LogP contribution is -1.98.